The number of aromatic nitrogens is 1. The standard InChI is InChI=1S/C31H34N2O3/c1-21-30(36-20-22-5-3-2-4-6-22)28(34)11-12-33(21)27-9-7-26(8-10-27)32-29(35)19-31-16-23-13-24(17-31)15-25(14-23)18-31/h2-12,23-25H,13-20H2,1H3,(H,32,35). The molecule has 3 aromatic rings. The highest BCUT2D eigenvalue weighted by Gasteiger charge is 2.51. The minimum Gasteiger partial charge on any atom is -0.483 e. The zero-order valence-corrected chi connectivity index (χ0v) is 20.9. The number of anilines is 1. The normalized spacial score (nSPS) is 26.1. The fourth-order valence-electron chi connectivity index (χ4n) is 7.56. The van der Waals surface area contributed by atoms with E-state index in [1.807, 2.05) is 66.1 Å². The van der Waals surface area contributed by atoms with E-state index in [0.717, 1.165) is 40.4 Å². The number of rotatable bonds is 7. The third kappa shape index (κ3) is 4.59. The molecule has 1 amide bonds. The quantitative estimate of drug-likeness (QED) is 0.432. The van der Waals surface area contributed by atoms with Gasteiger partial charge in [0.05, 0.1) is 5.69 Å². The van der Waals surface area contributed by atoms with E-state index in [2.05, 4.69) is 5.32 Å². The van der Waals surface area contributed by atoms with E-state index in [1.54, 1.807) is 6.20 Å². The molecule has 5 heteroatoms. The first-order valence-corrected chi connectivity index (χ1v) is 13.3. The molecule has 4 aliphatic carbocycles. The van der Waals surface area contributed by atoms with Crippen LogP contribution in [0, 0.1) is 30.1 Å². The van der Waals surface area contributed by atoms with Gasteiger partial charge in [-0.05, 0) is 98.4 Å². The van der Waals surface area contributed by atoms with Crippen molar-refractivity contribution in [1.82, 2.24) is 4.57 Å². The molecule has 0 radical (unpaired) electrons. The van der Waals surface area contributed by atoms with Crippen molar-refractivity contribution in [2.45, 2.75) is 58.5 Å². The lowest BCUT2D eigenvalue weighted by Gasteiger charge is -2.56. The Balaban J connectivity index is 1.13. The molecule has 0 saturated heterocycles. The van der Waals surface area contributed by atoms with Crippen molar-refractivity contribution < 1.29 is 9.53 Å². The predicted molar refractivity (Wildman–Crippen MR) is 141 cm³/mol. The smallest absolute Gasteiger partial charge is 0.224 e. The van der Waals surface area contributed by atoms with Crippen LogP contribution in [-0.2, 0) is 11.4 Å². The molecule has 36 heavy (non-hydrogen) atoms. The maximum Gasteiger partial charge on any atom is 0.224 e. The van der Waals surface area contributed by atoms with Crippen molar-refractivity contribution in [3.8, 4) is 11.4 Å². The Morgan fingerprint density at radius 2 is 1.58 bits per heavy atom. The van der Waals surface area contributed by atoms with Gasteiger partial charge in [-0.3, -0.25) is 9.59 Å². The van der Waals surface area contributed by atoms with Crippen LogP contribution in [0.3, 0.4) is 0 Å². The Morgan fingerprint density at radius 1 is 0.944 bits per heavy atom. The van der Waals surface area contributed by atoms with Gasteiger partial charge in [0.2, 0.25) is 11.3 Å². The summed E-state index contributed by atoms with van der Waals surface area (Å²) < 4.78 is 7.86. The topological polar surface area (TPSA) is 60.3 Å². The van der Waals surface area contributed by atoms with Gasteiger partial charge in [-0.1, -0.05) is 30.3 Å². The summed E-state index contributed by atoms with van der Waals surface area (Å²) in [5.74, 6) is 3.05. The molecule has 7 rings (SSSR count). The van der Waals surface area contributed by atoms with Crippen LogP contribution in [0.15, 0.2) is 71.7 Å². The fraction of sp³-hybridized carbons (Fsp3) is 0.419. The molecule has 1 heterocycles. The van der Waals surface area contributed by atoms with Gasteiger partial charge in [-0.15, -0.1) is 0 Å². The molecule has 4 aliphatic rings. The number of amides is 1. The average molecular weight is 483 g/mol. The molecule has 4 bridgehead atoms. The van der Waals surface area contributed by atoms with Crippen molar-refractivity contribution in [3.05, 3.63) is 88.3 Å². The largest absolute Gasteiger partial charge is 0.483 e. The molecule has 1 aromatic heterocycles. The summed E-state index contributed by atoms with van der Waals surface area (Å²) >= 11 is 0. The van der Waals surface area contributed by atoms with E-state index in [0.29, 0.717) is 18.8 Å². The lowest BCUT2D eigenvalue weighted by atomic mass is 9.49. The summed E-state index contributed by atoms with van der Waals surface area (Å²) in [6.45, 7) is 2.23. The van der Waals surface area contributed by atoms with E-state index < -0.39 is 0 Å². The number of hydrogen-bond donors (Lipinski definition) is 1. The average Bonchev–Trinajstić information content (AvgIpc) is 2.84. The van der Waals surface area contributed by atoms with Gasteiger partial charge in [-0.25, -0.2) is 0 Å². The van der Waals surface area contributed by atoms with Gasteiger partial charge in [0.15, 0.2) is 5.75 Å². The SMILES string of the molecule is Cc1c(OCc2ccccc2)c(=O)ccn1-c1ccc(NC(=O)CC23CC4CC(CC(C4)C2)C3)cc1. The first-order valence-electron chi connectivity index (χ1n) is 13.3. The molecule has 5 nitrogen and oxygen atoms in total. The van der Waals surface area contributed by atoms with E-state index in [1.165, 1.54) is 44.6 Å². The van der Waals surface area contributed by atoms with E-state index in [4.69, 9.17) is 4.74 Å². The van der Waals surface area contributed by atoms with Crippen LogP contribution in [0.4, 0.5) is 5.69 Å². The summed E-state index contributed by atoms with van der Waals surface area (Å²) in [6.07, 6.45) is 10.3. The number of ether oxygens (including phenoxy) is 1. The predicted octanol–water partition coefficient (Wildman–Crippen LogP) is 6.27. The zero-order valence-electron chi connectivity index (χ0n) is 20.9. The summed E-state index contributed by atoms with van der Waals surface area (Å²) in [6, 6.07) is 19.2. The second kappa shape index (κ2) is 9.27. The second-order valence-electron chi connectivity index (χ2n) is 11.4. The van der Waals surface area contributed by atoms with Crippen molar-refractivity contribution in [2.75, 3.05) is 5.32 Å². The lowest BCUT2D eigenvalue weighted by molar-refractivity contribution is -0.124. The number of benzene rings is 2. The molecule has 0 unspecified atom stereocenters. The van der Waals surface area contributed by atoms with Crippen LogP contribution in [0.25, 0.3) is 5.69 Å². The Bertz CT molecular complexity index is 1270. The highest BCUT2D eigenvalue weighted by Crippen LogP contribution is 2.61. The summed E-state index contributed by atoms with van der Waals surface area (Å²) in [5.41, 5.74) is 3.59. The molecule has 1 N–H and O–H groups in total. The Kier molecular flexibility index (Phi) is 5.94. The Labute approximate surface area is 212 Å². The highest BCUT2D eigenvalue weighted by molar-refractivity contribution is 5.91. The van der Waals surface area contributed by atoms with Crippen LogP contribution in [0.1, 0.15) is 56.2 Å². The number of hydrogen-bond acceptors (Lipinski definition) is 3. The van der Waals surface area contributed by atoms with E-state index in [9.17, 15) is 9.59 Å². The third-order valence-corrected chi connectivity index (χ3v) is 8.64. The molecule has 0 spiro atoms. The van der Waals surface area contributed by atoms with E-state index >= 15 is 0 Å². The maximum atomic E-state index is 13.0. The monoisotopic (exact) mass is 482 g/mol. The molecule has 4 saturated carbocycles. The third-order valence-electron chi connectivity index (χ3n) is 8.64. The minimum absolute atomic E-state index is 0.131. The van der Waals surface area contributed by atoms with Crippen molar-refractivity contribution in [2.24, 2.45) is 23.2 Å². The van der Waals surface area contributed by atoms with Gasteiger partial charge in [0.25, 0.3) is 0 Å². The van der Waals surface area contributed by atoms with Crippen molar-refractivity contribution in [3.63, 3.8) is 0 Å². The Hall–Kier alpha value is -3.34. The maximum absolute atomic E-state index is 13.0. The number of carbonyl (C=O) groups excluding carboxylic acids is 1. The summed E-state index contributed by atoms with van der Waals surface area (Å²) in [5, 5.41) is 3.15. The van der Waals surface area contributed by atoms with Gasteiger partial charge in [0.1, 0.15) is 6.61 Å². The van der Waals surface area contributed by atoms with Gasteiger partial charge in [0, 0.05) is 30.1 Å². The van der Waals surface area contributed by atoms with Gasteiger partial charge >= 0.3 is 0 Å². The van der Waals surface area contributed by atoms with Crippen molar-refractivity contribution >= 4 is 11.6 Å². The molecular weight excluding hydrogens is 448 g/mol. The number of carbonyl (C=O) groups is 1. The van der Waals surface area contributed by atoms with E-state index in [-0.39, 0.29) is 16.8 Å². The van der Waals surface area contributed by atoms with Crippen LogP contribution >= 0.6 is 0 Å². The first kappa shape index (κ1) is 23.1. The Morgan fingerprint density at radius 3 is 2.22 bits per heavy atom. The zero-order chi connectivity index (χ0) is 24.7. The molecule has 0 aliphatic heterocycles. The van der Waals surface area contributed by atoms with Crippen LogP contribution in [0.5, 0.6) is 5.75 Å². The van der Waals surface area contributed by atoms with Gasteiger partial charge in [-0.2, -0.15) is 0 Å². The second-order valence-corrected chi connectivity index (χ2v) is 11.4. The molecule has 4 fully saturated rings. The molecule has 0 atom stereocenters. The molecule has 2 aromatic carbocycles. The number of pyridine rings is 1. The molecule has 186 valence electrons. The molecular formula is C31H34N2O3. The fourth-order valence-corrected chi connectivity index (χ4v) is 7.56. The van der Waals surface area contributed by atoms with Crippen LogP contribution in [0.2, 0.25) is 0 Å². The van der Waals surface area contributed by atoms with Crippen molar-refractivity contribution in [1.29, 1.82) is 0 Å². The van der Waals surface area contributed by atoms with Crippen LogP contribution < -0.4 is 15.5 Å². The van der Waals surface area contributed by atoms with Crippen LogP contribution in [-0.4, -0.2) is 10.5 Å². The van der Waals surface area contributed by atoms with Gasteiger partial charge < -0.3 is 14.6 Å². The lowest BCUT2D eigenvalue weighted by Crippen LogP contribution is -2.47. The number of nitrogens with one attached hydrogen (secondary N) is 1. The summed E-state index contributed by atoms with van der Waals surface area (Å²) in [4.78, 5) is 25.5. The first-order chi connectivity index (χ1) is 17.5. The summed E-state index contributed by atoms with van der Waals surface area (Å²) in [7, 11) is 0. The number of nitrogens with zero attached hydrogens (tertiary/aromatic N) is 1. The highest BCUT2D eigenvalue weighted by atomic mass is 16.5. The minimum atomic E-state index is -0.131.